The molecular weight excluding hydrogens is 320 g/mol. The van der Waals surface area contributed by atoms with E-state index in [9.17, 15) is 0 Å². The third-order valence-corrected chi connectivity index (χ3v) is 3.59. The van der Waals surface area contributed by atoms with E-state index >= 15 is 0 Å². The van der Waals surface area contributed by atoms with E-state index in [0.29, 0.717) is 6.61 Å². The van der Waals surface area contributed by atoms with Gasteiger partial charge in [0, 0.05) is 12.4 Å². The van der Waals surface area contributed by atoms with E-state index in [1.165, 1.54) is 0 Å². The van der Waals surface area contributed by atoms with Crippen LogP contribution in [0.25, 0.3) is 5.65 Å². The van der Waals surface area contributed by atoms with Crippen LogP contribution in [0.2, 0.25) is 0 Å². The molecule has 0 saturated heterocycles. The minimum atomic E-state index is 0.0192. The molecule has 4 nitrogen and oxygen atoms in total. The van der Waals surface area contributed by atoms with Crippen molar-refractivity contribution in [2.24, 2.45) is 0 Å². The van der Waals surface area contributed by atoms with E-state index in [1.807, 2.05) is 53.2 Å². The quantitative estimate of drug-likeness (QED) is 0.798. The van der Waals surface area contributed by atoms with E-state index < -0.39 is 0 Å². The molecule has 0 aliphatic rings. The number of rotatable bonds is 4. The lowest BCUT2D eigenvalue weighted by Gasteiger charge is -2.07. The van der Waals surface area contributed by atoms with E-state index in [1.54, 1.807) is 0 Å². The fraction of sp³-hybridized carbons (Fsp3) is 0.133. The molecule has 0 amide bonds. The highest BCUT2D eigenvalue weighted by molar-refractivity contribution is 9.10. The lowest BCUT2D eigenvalue weighted by atomic mass is 10.2. The van der Waals surface area contributed by atoms with Crippen LogP contribution < -0.4 is 4.74 Å². The minimum absolute atomic E-state index is 0.0192. The normalized spacial score (nSPS) is 10.9. The largest absolute Gasteiger partial charge is 0.486 e. The molecule has 0 saturated carbocycles. The summed E-state index contributed by atoms with van der Waals surface area (Å²) in [5, 5.41) is 9.07. The highest BCUT2D eigenvalue weighted by atomic mass is 79.9. The predicted octanol–water partition coefficient (Wildman–Crippen LogP) is 3.17. The molecule has 0 radical (unpaired) electrons. The molecule has 0 aliphatic carbocycles. The van der Waals surface area contributed by atoms with Crippen LogP contribution in [-0.2, 0) is 13.2 Å². The van der Waals surface area contributed by atoms with Crippen molar-refractivity contribution in [1.82, 2.24) is 9.38 Å². The number of halogens is 1. The van der Waals surface area contributed by atoms with Crippen molar-refractivity contribution in [3.05, 3.63) is 64.5 Å². The Morgan fingerprint density at radius 2 is 2.15 bits per heavy atom. The third-order valence-electron chi connectivity index (χ3n) is 2.97. The van der Waals surface area contributed by atoms with Crippen molar-refractivity contribution in [1.29, 1.82) is 0 Å². The smallest absolute Gasteiger partial charge is 0.137 e. The Hall–Kier alpha value is -1.85. The number of aliphatic hydroxyl groups is 1. The van der Waals surface area contributed by atoms with Gasteiger partial charge in [-0.25, -0.2) is 4.98 Å². The van der Waals surface area contributed by atoms with Gasteiger partial charge in [0.15, 0.2) is 0 Å². The van der Waals surface area contributed by atoms with Gasteiger partial charge < -0.3 is 14.2 Å². The van der Waals surface area contributed by atoms with E-state index in [0.717, 1.165) is 27.1 Å². The summed E-state index contributed by atoms with van der Waals surface area (Å²) >= 11 is 3.43. The van der Waals surface area contributed by atoms with Gasteiger partial charge in [-0.15, -0.1) is 0 Å². The monoisotopic (exact) mass is 332 g/mol. The van der Waals surface area contributed by atoms with Crippen LogP contribution in [0.15, 0.2) is 53.3 Å². The SMILES string of the molecule is OCc1ccc(OCc2cn3ccccc3n2)c(Br)c1. The molecule has 0 spiro atoms. The number of aliphatic hydroxyl groups excluding tert-OH is 1. The number of pyridine rings is 1. The molecule has 5 heteroatoms. The van der Waals surface area contributed by atoms with Crippen LogP contribution >= 0.6 is 15.9 Å². The number of nitrogens with zero attached hydrogens (tertiary/aromatic N) is 2. The van der Waals surface area contributed by atoms with Crippen molar-refractivity contribution in [2.45, 2.75) is 13.2 Å². The van der Waals surface area contributed by atoms with Gasteiger partial charge in [-0.2, -0.15) is 0 Å². The molecule has 20 heavy (non-hydrogen) atoms. The van der Waals surface area contributed by atoms with Crippen LogP contribution in [0.1, 0.15) is 11.3 Å². The first kappa shape index (κ1) is 13.1. The molecule has 0 aliphatic heterocycles. The Balaban J connectivity index is 1.75. The van der Waals surface area contributed by atoms with Gasteiger partial charge in [-0.3, -0.25) is 0 Å². The molecule has 3 rings (SSSR count). The van der Waals surface area contributed by atoms with Crippen LogP contribution in [0.3, 0.4) is 0 Å². The number of hydrogen-bond acceptors (Lipinski definition) is 3. The molecule has 0 bridgehead atoms. The Labute approximate surface area is 124 Å². The molecule has 1 N–H and O–H groups in total. The molecular formula is C15H13BrN2O2. The molecule has 102 valence electrons. The fourth-order valence-corrected chi connectivity index (χ4v) is 2.51. The van der Waals surface area contributed by atoms with Crippen molar-refractivity contribution in [3.8, 4) is 5.75 Å². The number of benzene rings is 1. The topological polar surface area (TPSA) is 46.8 Å². The summed E-state index contributed by atoms with van der Waals surface area (Å²) < 4.78 is 8.54. The van der Waals surface area contributed by atoms with E-state index in [4.69, 9.17) is 9.84 Å². The molecule has 3 aromatic rings. The number of imidazole rings is 1. The van der Waals surface area contributed by atoms with Crippen molar-refractivity contribution >= 4 is 21.6 Å². The van der Waals surface area contributed by atoms with Crippen LogP contribution in [0.5, 0.6) is 5.75 Å². The van der Waals surface area contributed by atoms with Gasteiger partial charge in [0.2, 0.25) is 0 Å². The summed E-state index contributed by atoms with van der Waals surface area (Å²) in [6.07, 6.45) is 3.91. The molecule has 0 fully saturated rings. The zero-order valence-electron chi connectivity index (χ0n) is 10.7. The average molecular weight is 333 g/mol. The number of fused-ring (bicyclic) bond motifs is 1. The van der Waals surface area contributed by atoms with Gasteiger partial charge in [0.05, 0.1) is 16.8 Å². The lowest BCUT2D eigenvalue weighted by molar-refractivity contribution is 0.280. The van der Waals surface area contributed by atoms with Crippen LogP contribution in [0.4, 0.5) is 0 Å². The Morgan fingerprint density at radius 1 is 1.25 bits per heavy atom. The summed E-state index contributed by atoms with van der Waals surface area (Å²) in [7, 11) is 0. The second kappa shape index (κ2) is 5.64. The Kier molecular flexibility index (Phi) is 3.71. The zero-order chi connectivity index (χ0) is 13.9. The molecule has 0 unspecified atom stereocenters. The summed E-state index contributed by atoms with van der Waals surface area (Å²) in [4.78, 5) is 4.47. The summed E-state index contributed by atoms with van der Waals surface area (Å²) in [6.45, 7) is 0.421. The summed E-state index contributed by atoms with van der Waals surface area (Å²) in [5.74, 6) is 0.735. The van der Waals surface area contributed by atoms with Gasteiger partial charge in [0.1, 0.15) is 18.0 Å². The Morgan fingerprint density at radius 3 is 2.90 bits per heavy atom. The van der Waals surface area contributed by atoms with Crippen molar-refractivity contribution < 1.29 is 9.84 Å². The first-order valence-electron chi connectivity index (χ1n) is 6.21. The minimum Gasteiger partial charge on any atom is -0.486 e. The molecule has 1 aromatic carbocycles. The molecule has 2 aromatic heterocycles. The number of hydrogen-bond donors (Lipinski definition) is 1. The van der Waals surface area contributed by atoms with Gasteiger partial charge in [-0.05, 0) is 45.8 Å². The van der Waals surface area contributed by atoms with E-state index in [-0.39, 0.29) is 6.61 Å². The predicted molar refractivity (Wildman–Crippen MR) is 79.6 cm³/mol. The lowest BCUT2D eigenvalue weighted by Crippen LogP contribution is -1.97. The highest BCUT2D eigenvalue weighted by Gasteiger charge is 2.05. The van der Waals surface area contributed by atoms with E-state index in [2.05, 4.69) is 20.9 Å². The maximum Gasteiger partial charge on any atom is 0.137 e. The Bertz CT molecular complexity index is 707. The summed E-state index contributed by atoms with van der Waals surface area (Å²) in [6, 6.07) is 11.4. The molecule has 2 heterocycles. The maximum absolute atomic E-state index is 9.07. The number of ether oxygens (including phenoxy) is 1. The van der Waals surface area contributed by atoms with Gasteiger partial charge in [0.25, 0.3) is 0 Å². The fourth-order valence-electron chi connectivity index (χ4n) is 1.97. The molecule has 0 atom stereocenters. The van der Waals surface area contributed by atoms with Crippen LogP contribution in [-0.4, -0.2) is 14.5 Å². The maximum atomic E-state index is 9.07. The van der Waals surface area contributed by atoms with Gasteiger partial charge in [-0.1, -0.05) is 12.1 Å². The first-order chi connectivity index (χ1) is 9.76. The van der Waals surface area contributed by atoms with Crippen LogP contribution in [0, 0.1) is 0 Å². The average Bonchev–Trinajstić information content (AvgIpc) is 2.88. The first-order valence-corrected chi connectivity index (χ1v) is 7.00. The second-order valence-corrected chi connectivity index (χ2v) is 5.26. The standard InChI is InChI=1S/C15H13BrN2O2/c16-13-7-11(9-19)4-5-14(13)20-10-12-8-18-6-2-1-3-15(18)17-12/h1-8,19H,9-10H2. The third kappa shape index (κ3) is 2.69. The summed E-state index contributed by atoms with van der Waals surface area (Å²) in [5.41, 5.74) is 2.62. The van der Waals surface area contributed by atoms with Gasteiger partial charge >= 0.3 is 0 Å². The van der Waals surface area contributed by atoms with Crippen molar-refractivity contribution in [2.75, 3.05) is 0 Å². The zero-order valence-corrected chi connectivity index (χ0v) is 12.2. The second-order valence-electron chi connectivity index (χ2n) is 4.41. The number of aromatic nitrogens is 2. The van der Waals surface area contributed by atoms with Crippen molar-refractivity contribution in [3.63, 3.8) is 0 Å². The highest BCUT2D eigenvalue weighted by Crippen LogP contribution is 2.26.